The molecule has 1 aromatic heterocycles. The summed E-state index contributed by atoms with van der Waals surface area (Å²) >= 11 is 0. The molecule has 2 aliphatic heterocycles. The molecule has 2 fully saturated rings. The van der Waals surface area contributed by atoms with Gasteiger partial charge in [0.1, 0.15) is 18.0 Å². The van der Waals surface area contributed by atoms with E-state index in [2.05, 4.69) is 9.51 Å². The number of ether oxygens (including phenoxy) is 1. The molecule has 0 amide bonds. The first kappa shape index (κ1) is 15.6. The maximum absolute atomic E-state index is 15.2. The number of phosphoric acid groups is 1. The highest BCUT2D eigenvalue weighted by Crippen LogP contribution is 2.58. The quantitative estimate of drug-likeness (QED) is 0.782. The van der Waals surface area contributed by atoms with Crippen LogP contribution >= 0.6 is 7.82 Å². The van der Waals surface area contributed by atoms with E-state index in [1.807, 2.05) is 0 Å². The highest BCUT2D eigenvalue weighted by Gasteiger charge is 2.61. The van der Waals surface area contributed by atoms with Gasteiger partial charge in [-0.05, 0) is 13.0 Å². The molecule has 2 saturated heterocycles. The number of rotatable bonds is 2. The summed E-state index contributed by atoms with van der Waals surface area (Å²) in [5, 5.41) is 0. The van der Waals surface area contributed by atoms with Gasteiger partial charge in [-0.25, -0.2) is 13.8 Å². The summed E-state index contributed by atoms with van der Waals surface area (Å²) in [4.78, 5) is 15.4. The summed E-state index contributed by atoms with van der Waals surface area (Å²) in [6.07, 6.45) is -2.07. The predicted octanol–water partition coefficient (Wildman–Crippen LogP) is 0.621. The second kappa shape index (κ2) is 5.10. The van der Waals surface area contributed by atoms with E-state index in [1.54, 1.807) is 0 Å². The lowest BCUT2D eigenvalue weighted by Crippen LogP contribution is -2.46. The van der Waals surface area contributed by atoms with Gasteiger partial charge in [0.25, 0.3) is 0 Å². The van der Waals surface area contributed by atoms with Crippen molar-refractivity contribution in [3.05, 3.63) is 22.7 Å². The monoisotopic (exact) mass is 335 g/mol. The van der Waals surface area contributed by atoms with Gasteiger partial charge >= 0.3 is 13.5 Å². The van der Waals surface area contributed by atoms with Gasteiger partial charge in [-0.1, -0.05) is 0 Å². The Morgan fingerprint density at radius 1 is 1.64 bits per heavy atom. The molecule has 0 unspecified atom stereocenters. The standard InChI is InChI=1S/C11H15FN3O6P/c1-11(12)8-6(5-19-22(17,18-2)21-8)20-9(11)15-4-3-7(13)14-10(15)16/h3-4,6,8-9H,5H2,1-2H3,(H2,13,14,16)/t6-,8-,9-,11-,22-/m1/s1. The van der Waals surface area contributed by atoms with Crippen molar-refractivity contribution >= 4 is 13.6 Å². The SMILES string of the molecule is CO[P@]1(=O)OC[C@H]2O[C@@H](n3ccc(N)nc3=O)[C@](C)(F)[C@@H]2O1. The number of nitrogen functional groups attached to an aromatic ring is 1. The van der Waals surface area contributed by atoms with Gasteiger partial charge < -0.3 is 10.5 Å². The number of alkyl halides is 1. The number of aromatic nitrogens is 2. The number of anilines is 1. The summed E-state index contributed by atoms with van der Waals surface area (Å²) in [7, 11) is -2.69. The minimum atomic E-state index is -3.83. The molecule has 122 valence electrons. The van der Waals surface area contributed by atoms with Crippen molar-refractivity contribution < 1.29 is 27.3 Å². The van der Waals surface area contributed by atoms with Gasteiger partial charge in [0.15, 0.2) is 11.9 Å². The lowest BCUT2D eigenvalue weighted by atomic mass is 9.98. The van der Waals surface area contributed by atoms with E-state index in [0.29, 0.717) is 0 Å². The van der Waals surface area contributed by atoms with Crippen molar-refractivity contribution in [3.63, 3.8) is 0 Å². The fraction of sp³-hybridized carbons (Fsp3) is 0.636. The summed E-state index contributed by atoms with van der Waals surface area (Å²) in [6, 6.07) is 1.35. The third-order valence-corrected chi connectivity index (χ3v) is 5.05. The summed E-state index contributed by atoms with van der Waals surface area (Å²) < 4.78 is 48.4. The van der Waals surface area contributed by atoms with Gasteiger partial charge in [-0.2, -0.15) is 4.98 Å². The minimum absolute atomic E-state index is 0.0145. The molecule has 0 spiro atoms. The molecule has 3 heterocycles. The Morgan fingerprint density at radius 3 is 3.00 bits per heavy atom. The fourth-order valence-electron chi connectivity index (χ4n) is 2.54. The molecular formula is C11H15FN3O6P. The zero-order valence-corrected chi connectivity index (χ0v) is 12.7. The molecule has 11 heteroatoms. The van der Waals surface area contributed by atoms with Crippen LogP contribution in [0.2, 0.25) is 0 Å². The average Bonchev–Trinajstić information content (AvgIpc) is 2.71. The molecule has 2 aliphatic rings. The average molecular weight is 335 g/mol. The number of phosphoric ester groups is 1. The third kappa shape index (κ3) is 2.37. The first-order chi connectivity index (χ1) is 10.3. The number of nitrogens with zero attached hydrogens (tertiary/aromatic N) is 2. The lowest BCUT2D eigenvalue weighted by molar-refractivity contribution is -0.0707. The van der Waals surface area contributed by atoms with Crippen LogP contribution in [0.25, 0.3) is 0 Å². The highest BCUT2D eigenvalue weighted by molar-refractivity contribution is 7.48. The molecule has 2 N–H and O–H groups in total. The Balaban J connectivity index is 1.96. The molecule has 0 aromatic carbocycles. The van der Waals surface area contributed by atoms with Gasteiger partial charge in [-0.15, -0.1) is 0 Å². The lowest BCUT2D eigenvalue weighted by Gasteiger charge is -2.33. The second-order valence-corrected chi connectivity index (χ2v) is 6.90. The normalized spacial score (nSPS) is 41.3. The Hall–Kier alpha value is -1.32. The van der Waals surface area contributed by atoms with E-state index < -0.39 is 37.6 Å². The largest absolute Gasteiger partial charge is 0.475 e. The van der Waals surface area contributed by atoms with Crippen LogP contribution < -0.4 is 11.4 Å². The minimum Gasteiger partial charge on any atom is -0.383 e. The Morgan fingerprint density at radius 2 is 2.36 bits per heavy atom. The highest BCUT2D eigenvalue weighted by atomic mass is 31.2. The van der Waals surface area contributed by atoms with Crippen molar-refractivity contribution in [2.45, 2.75) is 31.0 Å². The molecule has 1 aromatic rings. The Labute approximate surface area is 124 Å². The van der Waals surface area contributed by atoms with E-state index in [0.717, 1.165) is 11.7 Å². The predicted molar refractivity (Wildman–Crippen MR) is 71.8 cm³/mol. The summed E-state index contributed by atoms with van der Waals surface area (Å²) in [5.74, 6) is 0.0145. The first-order valence-electron chi connectivity index (χ1n) is 6.44. The van der Waals surface area contributed by atoms with E-state index in [1.165, 1.54) is 19.2 Å². The van der Waals surface area contributed by atoms with Crippen LogP contribution in [0.3, 0.4) is 0 Å². The molecule has 0 saturated carbocycles. The fourth-order valence-corrected chi connectivity index (χ4v) is 3.75. The van der Waals surface area contributed by atoms with E-state index in [-0.39, 0.29) is 12.4 Å². The molecular weight excluding hydrogens is 320 g/mol. The molecule has 5 atom stereocenters. The Bertz CT molecular complexity index is 695. The van der Waals surface area contributed by atoms with Gasteiger partial charge in [0, 0.05) is 13.3 Å². The van der Waals surface area contributed by atoms with E-state index in [4.69, 9.17) is 19.5 Å². The maximum Gasteiger partial charge on any atom is 0.475 e. The zero-order valence-electron chi connectivity index (χ0n) is 11.8. The van der Waals surface area contributed by atoms with Crippen molar-refractivity contribution in [2.75, 3.05) is 19.5 Å². The van der Waals surface area contributed by atoms with Crippen molar-refractivity contribution in [1.29, 1.82) is 0 Å². The third-order valence-electron chi connectivity index (χ3n) is 3.65. The van der Waals surface area contributed by atoms with Crippen LogP contribution in [0.1, 0.15) is 13.2 Å². The van der Waals surface area contributed by atoms with Gasteiger partial charge in [0.2, 0.25) is 0 Å². The van der Waals surface area contributed by atoms with Crippen LogP contribution in [0.15, 0.2) is 17.1 Å². The molecule has 0 bridgehead atoms. The van der Waals surface area contributed by atoms with Gasteiger partial charge in [-0.3, -0.25) is 18.1 Å². The zero-order chi connectivity index (χ0) is 16.1. The number of fused-ring (bicyclic) bond motifs is 1. The molecule has 9 nitrogen and oxygen atoms in total. The smallest absolute Gasteiger partial charge is 0.383 e. The van der Waals surface area contributed by atoms with Crippen LogP contribution in [0, 0.1) is 0 Å². The van der Waals surface area contributed by atoms with Crippen LogP contribution in [0.4, 0.5) is 10.2 Å². The molecule has 0 aliphatic carbocycles. The number of halogens is 1. The summed E-state index contributed by atoms with van der Waals surface area (Å²) in [6.45, 7) is 1.01. The molecule has 22 heavy (non-hydrogen) atoms. The topological polar surface area (TPSA) is 115 Å². The van der Waals surface area contributed by atoms with E-state index in [9.17, 15) is 9.36 Å². The van der Waals surface area contributed by atoms with Gasteiger partial charge in [0.05, 0.1) is 6.61 Å². The summed E-state index contributed by atoms with van der Waals surface area (Å²) in [5.41, 5.74) is 2.50. The van der Waals surface area contributed by atoms with Crippen LogP contribution in [-0.4, -0.2) is 41.1 Å². The Kier molecular flexibility index (Phi) is 3.61. The molecule has 3 rings (SSSR count). The molecule has 0 radical (unpaired) electrons. The van der Waals surface area contributed by atoms with Crippen molar-refractivity contribution in [2.24, 2.45) is 0 Å². The number of hydrogen-bond acceptors (Lipinski definition) is 8. The van der Waals surface area contributed by atoms with Crippen LogP contribution in [0.5, 0.6) is 0 Å². The van der Waals surface area contributed by atoms with Crippen LogP contribution in [-0.2, 0) is 22.9 Å². The first-order valence-corrected chi connectivity index (χ1v) is 7.90. The number of hydrogen-bond donors (Lipinski definition) is 1. The van der Waals surface area contributed by atoms with Crippen molar-refractivity contribution in [3.8, 4) is 0 Å². The number of nitrogens with two attached hydrogens (primary N) is 1. The van der Waals surface area contributed by atoms with E-state index >= 15 is 4.39 Å². The second-order valence-electron chi connectivity index (χ2n) is 5.17. The maximum atomic E-state index is 15.2. The van der Waals surface area contributed by atoms with Crippen molar-refractivity contribution in [1.82, 2.24) is 9.55 Å².